The van der Waals surface area contributed by atoms with E-state index in [9.17, 15) is 14.2 Å². The molecule has 1 aliphatic carbocycles. The van der Waals surface area contributed by atoms with Gasteiger partial charge >= 0.3 is 19.7 Å². The highest BCUT2D eigenvalue weighted by Crippen LogP contribution is 2.54. The lowest BCUT2D eigenvalue weighted by atomic mass is 10.1. The third-order valence-corrected chi connectivity index (χ3v) is 10.6. The van der Waals surface area contributed by atoms with Gasteiger partial charge in [-0.3, -0.25) is 9.46 Å². The number of aromatic nitrogens is 3. The van der Waals surface area contributed by atoms with Crippen LogP contribution in [0.2, 0.25) is 5.28 Å². The highest BCUT2D eigenvalue weighted by atomic mass is 35.5. The van der Waals surface area contributed by atoms with E-state index in [1.54, 1.807) is 50.1 Å². The number of nitrogens with zero attached hydrogens (tertiary/aromatic N) is 4. The first-order chi connectivity index (χ1) is 23.1. The Morgan fingerprint density at radius 3 is 2.35 bits per heavy atom. The van der Waals surface area contributed by atoms with Gasteiger partial charge in [0.15, 0.2) is 11.6 Å². The van der Waals surface area contributed by atoms with Gasteiger partial charge in [0.2, 0.25) is 5.28 Å². The molecule has 15 nitrogen and oxygen atoms in total. The third kappa shape index (κ3) is 8.25. The summed E-state index contributed by atoms with van der Waals surface area (Å²) in [6.07, 6.45) is 0.191. The topological polar surface area (TPSA) is 158 Å². The molecule has 0 radical (unpaired) electrons. The van der Waals surface area contributed by atoms with Crippen molar-refractivity contribution in [2.75, 3.05) is 31.3 Å². The molecule has 1 unspecified atom stereocenters. The molecule has 1 amide bonds. The van der Waals surface area contributed by atoms with Crippen molar-refractivity contribution in [3.8, 4) is 0 Å². The molecule has 2 aromatic rings. The molecule has 5 atom stereocenters. The first-order valence-corrected chi connectivity index (χ1v) is 18.9. The highest BCUT2D eigenvalue weighted by molar-refractivity contribution is 7.55. The number of esters is 1. The molecule has 2 aliphatic heterocycles. The lowest BCUT2D eigenvalue weighted by molar-refractivity contribution is -0.195. The Balaban J connectivity index is 1.49. The van der Waals surface area contributed by atoms with Crippen molar-refractivity contribution in [1.82, 2.24) is 14.6 Å². The van der Waals surface area contributed by atoms with Gasteiger partial charge in [-0.1, -0.05) is 12.8 Å². The Morgan fingerprint density at radius 2 is 1.73 bits per heavy atom. The Bertz CT molecular complexity index is 1530. The molecule has 0 bridgehead atoms. The number of carbonyl (C=O) groups excluding carboxylic acids is 2. The number of rotatable bonds is 13. The maximum atomic E-state index is 13.7. The summed E-state index contributed by atoms with van der Waals surface area (Å²) in [6.45, 7) is 13.8. The first-order valence-electron chi connectivity index (χ1n) is 16.9. The zero-order chi connectivity index (χ0) is 35.7. The molecule has 4 heterocycles. The molecular formula is C32H48ClN4O11P. The summed E-state index contributed by atoms with van der Waals surface area (Å²) in [5, 5.41) is 4.42. The number of ether oxygens (including phenoxy) is 6. The van der Waals surface area contributed by atoms with Crippen LogP contribution >= 0.6 is 19.2 Å². The van der Waals surface area contributed by atoms with Gasteiger partial charge in [0.05, 0.1) is 32.1 Å². The fraction of sp³-hybridized carbons (Fsp3) is 0.750. The molecule has 3 fully saturated rings. The van der Waals surface area contributed by atoms with Crippen LogP contribution in [-0.4, -0.2) is 94.7 Å². The zero-order valence-electron chi connectivity index (χ0n) is 29.4. The van der Waals surface area contributed by atoms with E-state index in [0.717, 1.165) is 25.7 Å². The molecule has 0 aromatic carbocycles. The van der Waals surface area contributed by atoms with E-state index in [-0.39, 0.29) is 37.8 Å². The fourth-order valence-corrected chi connectivity index (χ4v) is 8.35. The monoisotopic (exact) mass is 730 g/mol. The zero-order valence-corrected chi connectivity index (χ0v) is 31.0. The largest absolute Gasteiger partial charge is 0.464 e. The van der Waals surface area contributed by atoms with Crippen LogP contribution < -0.4 is 4.90 Å². The van der Waals surface area contributed by atoms with Crippen LogP contribution in [0.3, 0.4) is 0 Å². The predicted molar refractivity (Wildman–Crippen MR) is 178 cm³/mol. The molecule has 1 saturated carbocycles. The SMILES string of the molecule is CCOC(=O)C(OC[C@H]1O[C@H](c2ccc3c(N(C(=O)OC(C)(C)C)C4CCCC4)nc(Cl)nn23)[C@@H]2OC(C)(C)O[C@@H]21)P(=O)(OCC)OCC. The second-order valence-electron chi connectivity index (χ2n) is 13.5. The smallest absolute Gasteiger partial charge is 0.416 e. The molecule has 3 aliphatic rings. The molecule has 0 N–H and O–H groups in total. The molecule has 274 valence electrons. The maximum absolute atomic E-state index is 13.7. The van der Waals surface area contributed by atoms with Crippen molar-refractivity contribution < 1.29 is 51.6 Å². The summed E-state index contributed by atoms with van der Waals surface area (Å²) in [7, 11) is -4.08. The summed E-state index contributed by atoms with van der Waals surface area (Å²) in [6, 6.07) is 3.49. The van der Waals surface area contributed by atoms with Crippen LogP contribution in [0.25, 0.3) is 5.52 Å². The van der Waals surface area contributed by atoms with E-state index in [0.29, 0.717) is 17.0 Å². The van der Waals surface area contributed by atoms with Crippen molar-refractivity contribution in [2.45, 2.75) is 129 Å². The second-order valence-corrected chi connectivity index (χ2v) is 15.9. The maximum Gasteiger partial charge on any atom is 0.416 e. The Labute approximate surface area is 291 Å². The van der Waals surface area contributed by atoms with E-state index in [1.165, 1.54) is 0 Å². The minimum absolute atomic E-state index is 0.0220. The van der Waals surface area contributed by atoms with E-state index in [1.807, 2.05) is 26.8 Å². The number of fused-ring (bicyclic) bond motifs is 2. The van der Waals surface area contributed by atoms with Gasteiger partial charge in [0.1, 0.15) is 35.5 Å². The Kier molecular flexibility index (Phi) is 11.7. The molecule has 0 spiro atoms. The molecule has 2 aromatic heterocycles. The highest BCUT2D eigenvalue weighted by Gasteiger charge is 2.57. The quantitative estimate of drug-likeness (QED) is 0.170. The van der Waals surface area contributed by atoms with Crippen LogP contribution in [0, 0.1) is 0 Å². The second kappa shape index (κ2) is 15.1. The van der Waals surface area contributed by atoms with E-state index < -0.39 is 61.3 Å². The van der Waals surface area contributed by atoms with Gasteiger partial charge < -0.3 is 37.5 Å². The Hall–Kier alpha value is -2.36. The standard InChI is InChI=1S/C32H48ClN4O11P/c1-9-41-27(38)28(49(40,43-10-2)44-11-3)42-18-22-24-25(47-32(7,8)46-24)23(45-22)20-16-17-21-26(34-29(33)35-37(20)21)36(19-14-12-13-15-19)30(39)48-31(4,5)6/h16-17,19,22-25,28H,9-15,18H2,1-8H3/t22-,23-,24-,25+,28?/m1/s1. The predicted octanol–water partition coefficient (Wildman–Crippen LogP) is 6.20. The summed E-state index contributed by atoms with van der Waals surface area (Å²) < 4.78 is 62.2. The summed E-state index contributed by atoms with van der Waals surface area (Å²) in [5.41, 5.74) is 0.355. The van der Waals surface area contributed by atoms with Gasteiger partial charge in [0, 0.05) is 6.04 Å². The summed E-state index contributed by atoms with van der Waals surface area (Å²) >= 11 is 6.53. The average Bonchev–Trinajstić information content (AvgIpc) is 3.78. The van der Waals surface area contributed by atoms with Crippen molar-refractivity contribution in [3.05, 3.63) is 23.1 Å². The molecule has 2 saturated heterocycles. The van der Waals surface area contributed by atoms with Crippen molar-refractivity contribution in [1.29, 1.82) is 0 Å². The molecule has 49 heavy (non-hydrogen) atoms. The number of amides is 1. The van der Waals surface area contributed by atoms with Crippen LogP contribution in [0.15, 0.2) is 12.1 Å². The third-order valence-electron chi connectivity index (χ3n) is 8.26. The van der Waals surface area contributed by atoms with Gasteiger partial charge in [-0.05, 0) is 92.0 Å². The van der Waals surface area contributed by atoms with Gasteiger partial charge in [0.25, 0.3) is 5.85 Å². The van der Waals surface area contributed by atoms with E-state index in [2.05, 4.69) is 10.1 Å². The van der Waals surface area contributed by atoms with E-state index >= 15 is 0 Å². The van der Waals surface area contributed by atoms with Crippen LogP contribution in [-0.2, 0) is 46.8 Å². The van der Waals surface area contributed by atoms with Crippen LogP contribution in [0.1, 0.15) is 92.9 Å². The molecule has 17 heteroatoms. The number of carbonyl (C=O) groups is 2. The lowest BCUT2D eigenvalue weighted by Crippen LogP contribution is -2.43. The first kappa shape index (κ1) is 37.9. The molecule has 5 rings (SSSR count). The fourth-order valence-electron chi connectivity index (χ4n) is 6.52. The normalized spacial score (nSPS) is 24.7. The minimum atomic E-state index is -4.08. The van der Waals surface area contributed by atoms with Gasteiger partial charge in [-0.25, -0.2) is 14.1 Å². The average molecular weight is 731 g/mol. The summed E-state index contributed by atoms with van der Waals surface area (Å²) in [5.74, 6) is -3.19. The minimum Gasteiger partial charge on any atom is -0.464 e. The number of anilines is 1. The Morgan fingerprint density at radius 1 is 1.08 bits per heavy atom. The number of halogens is 1. The van der Waals surface area contributed by atoms with Gasteiger partial charge in [-0.2, -0.15) is 4.98 Å². The van der Waals surface area contributed by atoms with Crippen molar-refractivity contribution in [2.24, 2.45) is 0 Å². The molecular weight excluding hydrogens is 683 g/mol. The van der Waals surface area contributed by atoms with Crippen molar-refractivity contribution in [3.63, 3.8) is 0 Å². The number of hydrogen-bond acceptors (Lipinski definition) is 13. The van der Waals surface area contributed by atoms with Crippen molar-refractivity contribution >= 4 is 42.6 Å². The lowest BCUT2D eigenvalue weighted by Gasteiger charge is -2.31. The summed E-state index contributed by atoms with van der Waals surface area (Å²) in [4.78, 5) is 32.7. The number of hydrogen-bond donors (Lipinski definition) is 0. The van der Waals surface area contributed by atoms with Crippen LogP contribution in [0.4, 0.5) is 10.6 Å². The van der Waals surface area contributed by atoms with E-state index in [4.69, 9.17) is 49.1 Å². The van der Waals surface area contributed by atoms with Gasteiger partial charge in [-0.15, -0.1) is 5.10 Å². The van der Waals surface area contributed by atoms with Crippen LogP contribution in [0.5, 0.6) is 0 Å².